The Labute approximate surface area is 103 Å². The summed E-state index contributed by atoms with van der Waals surface area (Å²) in [6.45, 7) is 8.86. The predicted molar refractivity (Wildman–Crippen MR) is 72.2 cm³/mol. The molecule has 0 amide bonds. The molecule has 4 nitrogen and oxygen atoms in total. The third kappa shape index (κ3) is 2.88. The largest absolute Gasteiger partial charge is 0.384 e. The molecule has 0 saturated carbocycles. The van der Waals surface area contributed by atoms with Gasteiger partial charge in [0.05, 0.1) is 0 Å². The van der Waals surface area contributed by atoms with Crippen molar-refractivity contribution >= 4 is 11.6 Å². The number of rotatable bonds is 3. The van der Waals surface area contributed by atoms with Crippen molar-refractivity contribution in [3.63, 3.8) is 0 Å². The number of nitrogens with zero attached hydrogens (tertiary/aromatic N) is 3. The minimum atomic E-state index is 0.604. The number of nitrogens with two attached hydrogens (primary N) is 1. The molecule has 2 N–H and O–H groups in total. The fourth-order valence-corrected chi connectivity index (χ4v) is 2.27. The highest BCUT2D eigenvalue weighted by Crippen LogP contribution is 2.16. The van der Waals surface area contributed by atoms with E-state index < -0.39 is 0 Å². The van der Waals surface area contributed by atoms with Gasteiger partial charge in [-0.05, 0) is 25.5 Å². The second-order valence-corrected chi connectivity index (χ2v) is 4.70. The molecule has 4 heteroatoms. The summed E-state index contributed by atoms with van der Waals surface area (Å²) in [4.78, 5) is 9.23. The number of pyridine rings is 1. The van der Waals surface area contributed by atoms with Gasteiger partial charge in [-0.2, -0.15) is 0 Å². The van der Waals surface area contributed by atoms with E-state index in [1.807, 2.05) is 18.2 Å². The summed E-state index contributed by atoms with van der Waals surface area (Å²) in [5.74, 6) is 1.61. The second kappa shape index (κ2) is 5.36. The van der Waals surface area contributed by atoms with Crippen LogP contribution in [0.4, 0.5) is 11.6 Å². The van der Waals surface area contributed by atoms with Gasteiger partial charge in [-0.25, -0.2) is 4.98 Å². The van der Waals surface area contributed by atoms with E-state index >= 15 is 0 Å². The zero-order chi connectivity index (χ0) is 12.3. The average molecular weight is 234 g/mol. The molecule has 94 valence electrons. The summed E-state index contributed by atoms with van der Waals surface area (Å²) in [6.07, 6.45) is 1.22. The SMILES string of the molecule is CCC(C)N1CCN(c2cccc(N)n2)CC1. The van der Waals surface area contributed by atoms with Crippen molar-refractivity contribution in [1.29, 1.82) is 0 Å². The monoisotopic (exact) mass is 234 g/mol. The maximum atomic E-state index is 5.71. The Bertz CT molecular complexity index is 358. The molecule has 2 heterocycles. The predicted octanol–water partition coefficient (Wildman–Crippen LogP) is 1.58. The molecule has 1 aromatic rings. The Morgan fingerprint density at radius 2 is 2.00 bits per heavy atom. The van der Waals surface area contributed by atoms with Crippen molar-refractivity contribution in [3.8, 4) is 0 Å². The first-order valence-electron chi connectivity index (χ1n) is 6.42. The van der Waals surface area contributed by atoms with Crippen molar-refractivity contribution in [2.45, 2.75) is 26.3 Å². The minimum Gasteiger partial charge on any atom is -0.384 e. The van der Waals surface area contributed by atoms with Gasteiger partial charge in [-0.1, -0.05) is 13.0 Å². The van der Waals surface area contributed by atoms with Crippen LogP contribution in [0, 0.1) is 0 Å². The van der Waals surface area contributed by atoms with Gasteiger partial charge in [0.25, 0.3) is 0 Å². The molecule has 1 fully saturated rings. The first kappa shape index (κ1) is 12.2. The smallest absolute Gasteiger partial charge is 0.131 e. The van der Waals surface area contributed by atoms with Crippen LogP contribution in [-0.4, -0.2) is 42.1 Å². The van der Waals surface area contributed by atoms with E-state index in [0.29, 0.717) is 11.9 Å². The maximum Gasteiger partial charge on any atom is 0.131 e. The van der Waals surface area contributed by atoms with Crippen LogP contribution in [0.1, 0.15) is 20.3 Å². The lowest BCUT2D eigenvalue weighted by molar-refractivity contribution is 0.192. The molecule has 1 atom stereocenters. The minimum absolute atomic E-state index is 0.604. The van der Waals surface area contributed by atoms with Crippen LogP contribution in [0.15, 0.2) is 18.2 Å². The third-order valence-electron chi connectivity index (χ3n) is 3.61. The van der Waals surface area contributed by atoms with E-state index in [1.165, 1.54) is 6.42 Å². The Hall–Kier alpha value is -1.29. The summed E-state index contributed by atoms with van der Waals surface area (Å²) in [5.41, 5.74) is 5.71. The van der Waals surface area contributed by atoms with Crippen molar-refractivity contribution in [2.24, 2.45) is 0 Å². The van der Waals surface area contributed by atoms with Gasteiger partial charge in [0.2, 0.25) is 0 Å². The van der Waals surface area contributed by atoms with Crippen LogP contribution in [0.3, 0.4) is 0 Å². The lowest BCUT2D eigenvalue weighted by atomic mass is 10.2. The van der Waals surface area contributed by atoms with Gasteiger partial charge in [0, 0.05) is 32.2 Å². The van der Waals surface area contributed by atoms with E-state index in [9.17, 15) is 0 Å². The molecular weight excluding hydrogens is 212 g/mol. The number of aromatic nitrogens is 1. The Morgan fingerprint density at radius 3 is 2.59 bits per heavy atom. The fraction of sp³-hybridized carbons (Fsp3) is 0.615. The zero-order valence-corrected chi connectivity index (χ0v) is 10.8. The molecule has 17 heavy (non-hydrogen) atoms. The molecule has 0 aliphatic carbocycles. The first-order chi connectivity index (χ1) is 8.20. The van der Waals surface area contributed by atoms with E-state index in [2.05, 4.69) is 28.6 Å². The molecule has 1 saturated heterocycles. The summed E-state index contributed by atoms with van der Waals surface area (Å²) >= 11 is 0. The third-order valence-corrected chi connectivity index (χ3v) is 3.61. The molecule has 1 aliphatic rings. The number of nitrogen functional groups attached to an aromatic ring is 1. The van der Waals surface area contributed by atoms with Gasteiger partial charge in [0.15, 0.2) is 0 Å². The van der Waals surface area contributed by atoms with E-state index in [4.69, 9.17) is 5.73 Å². The van der Waals surface area contributed by atoms with Crippen LogP contribution >= 0.6 is 0 Å². The van der Waals surface area contributed by atoms with Crippen LogP contribution in [0.25, 0.3) is 0 Å². The maximum absolute atomic E-state index is 5.71. The van der Waals surface area contributed by atoms with E-state index in [1.54, 1.807) is 0 Å². The fourth-order valence-electron chi connectivity index (χ4n) is 2.27. The molecule has 0 radical (unpaired) electrons. The molecule has 2 rings (SSSR count). The highest BCUT2D eigenvalue weighted by atomic mass is 15.3. The Balaban J connectivity index is 1.95. The normalized spacial score (nSPS) is 19.3. The molecule has 1 aliphatic heterocycles. The quantitative estimate of drug-likeness (QED) is 0.862. The highest BCUT2D eigenvalue weighted by molar-refractivity contribution is 5.45. The summed E-state index contributed by atoms with van der Waals surface area (Å²) in [5, 5.41) is 0. The van der Waals surface area contributed by atoms with Gasteiger partial charge >= 0.3 is 0 Å². The van der Waals surface area contributed by atoms with Gasteiger partial charge in [-0.3, -0.25) is 4.90 Å². The van der Waals surface area contributed by atoms with Crippen LogP contribution < -0.4 is 10.6 Å². The van der Waals surface area contributed by atoms with Gasteiger partial charge < -0.3 is 10.6 Å². The number of piperazine rings is 1. The Kier molecular flexibility index (Phi) is 3.84. The van der Waals surface area contributed by atoms with Crippen LogP contribution in [-0.2, 0) is 0 Å². The topological polar surface area (TPSA) is 45.4 Å². The number of hydrogen-bond donors (Lipinski definition) is 1. The van der Waals surface area contributed by atoms with Crippen LogP contribution in [0.2, 0.25) is 0 Å². The van der Waals surface area contributed by atoms with Crippen molar-refractivity contribution in [2.75, 3.05) is 36.8 Å². The molecule has 1 unspecified atom stereocenters. The first-order valence-corrected chi connectivity index (χ1v) is 6.42. The summed E-state index contributed by atoms with van der Waals surface area (Å²) in [6, 6.07) is 6.53. The summed E-state index contributed by atoms with van der Waals surface area (Å²) < 4.78 is 0. The molecule has 1 aromatic heterocycles. The lowest BCUT2D eigenvalue weighted by Crippen LogP contribution is -2.49. The Morgan fingerprint density at radius 1 is 1.29 bits per heavy atom. The lowest BCUT2D eigenvalue weighted by Gasteiger charge is -2.38. The van der Waals surface area contributed by atoms with Crippen molar-refractivity contribution < 1.29 is 0 Å². The molecular formula is C13H22N4. The van der Waals surface area contributed by atoms with Gasteiger partial charge in [0.1, 0.15) is 11.6 Å². The van der Waals surface area contributed by atoms with Gasteiger partial charge in [-0.15, -0.1) is 0 Å². The van der Waals surface area contributed by atoms with Crippen molar-refractivity contribution in [3.05, 3.63) is 18.2 Å². The second-order valence-electron chi connectivity index (χ2n) is 4.70. The van der Waals surface area contributed by atoms with E-state index in [0.717, 1.165) is 32.0 Å². The number of hydrogen-bond acceptors (Lipinski definition) is 4. The highest BCUT2D eigenvalue weighted by Gasteiger charge is 2.20. The van der Waals surface area contributed by atoms with E-state index in [-0.39, 0.29) is 0 Å². The van der Waals surface area contributed by atoms with Crippen molar-refractivity contribution in [1.82, 2.24) is 9.88 Å². The average Bonchev–Trinajstić information content (AvgIpc) is 2.38. The van der Waals surface area contributed by atoms with Crippen LogP contribution in [0.5, 0.6) is 0 Å². The summed E-state index contributed by atoms with van der Waals surface area (Å²) in [7, 11) is 0. The zero-order valence-electron chi connectivity index (χ0n) is 10.8. The number of anilines is 2. The molecule has 0 aromatic carbocycles. The molecule has 0 spiro atoms. The molecule has 0 bridgehead atoms. The standard InChI is InChI=1S/C13H22N4/c1-3-11(2)16-7-9-17(10-8-16)13-6-4-5-12(14)15-13/h4-6,11H,3,7-10H2,1-2H3,(H2,14,15).